The smallest absolute Gasteiger partial charge is 0.422 e. The molecule has 126 valence electrons. The van der Waals surface area contributed by atoms with Crippen molar-refractivity contribution in [1.29, 1.82) is 0 Å². The van der Waals surface area contributed by atoms with Crippen LogP contribution in [0.25, 0.3) is 0 Å². The highest BCUT2D eigenvalue weighted by atomic mass is 19.4. The molecule has 1 amide bonds. The summed E-state index contributed by atoms with van der Waals surface area (Å²) < 4.78 is 40.8. The fraction of sp³-hybridized carbons (Fsp3) is 0.294. The second kappa shape index (κ2) is 6.51. The highest BCUT2D eigenvalue weighted by Gasteiger charge is 2.28. The molecule has 0 fully saturated rings. The first-order valence-electron chi connectivity index (χ1n) is 7.47. The summed E-state index contributed by atoms with van der Waals surface area (Å²) in [5.41, 5.74) is 2.60. The highest BCUT2D eigenvalue weighted by Crippen LogP contribution is 2.30. The SMILES string of the molecule is O=C(N[C@@H]1CCc2ccccc21)c1ccc(OCC(F)(F)F)nc1. The molecule has 1 aromatic carbocycles. The number of benzene rings is 1. The van der Waals surface area contributed by atoms with E-state index in [0.717, 1.165) is 18.4 Å². The number of halogens is 3. The molecule has 1 aliphatic rings. The van der Waals surface area contributed by atoms with Crippen LogP contribution in [-0.4, -0.2) is 23.7 Å². The van der Waals surface area contributed by atoms with E-state index in [-0.39, 0.29) is 23.4 Å². The number of amides is 1. The van der Waals surface area contributed by atoms with E-state index in [1.807, 2.05) is 24.3 Å². The lowest BCUT2D eigenvalue weighted by Gasteiger charge is -2.14. The molecule has 0 spiro atoms. The summed E-state index contributed by atoms with van der Waals surface area (Å²) in [6.07, 6.45) is -1.48. The van der Waals surface area contributed by atoms with Crippen molar-refractivity contribution in [3.8, 4) is 5.88 Å². The summed E-state index contributed by atoms with van der Waals surface area (Å²) in [4.78, 5) is 16.0. The van der Waals surface area contributed by atoms with E-state index < -0.39 is 12.8 Å². The molecule has 7 heteroatoms. The van der Waals surface area contributed by atoms with Crippen molar-refractivity contribution < 1.29 is 22.7 Å². The molecule has 0 bridgehead atoms. The summed E-state index contributed by atoms with van der Waals surface area (Å²) >= 11 is 0. The summed E-state index contributed by atoms with van der Waals surface area (Å²) in [6, 6.07) is 10.5. The van der Waals surface area contributed by atoms with Gasteiger partial charge in [0.15, 0.2) is 6.61 Å². The molecule has 3 rings (SSSR count). The zero-order valence-corrected chi connectivity index (χ0v) is 12.6. The van der Waals surface area contributed by atoms with Gasteiger partial charge in [-0.2, -0.15) is 13.2 Å². The van der Waals surface area contributed by atoms with Crippen molar-refractivity contribution in [3.63, 3.8) is 0 Å². The number of pyridine rings is 1. The van der Waals surface area contributed by atoms with Gasteiger partial charge in [0.05, 0.1) is 11.6 Å². The molecule has 0 saturated heterocycles. The number of carbonyl (C=O) groups is 1. The maximum atomic E-state index is 12.3. The predicted octanol–water partition coefficient (Wildman–Crippen LogP) is 3.44. The van der Waals surface area contributed by atoms with Crippen molar-refractivity contribution in [2.24, 2.45) is 0 Å². The largest absolute Gasteiger partial charge is 0.468 e. The number of hydrogen-bond donors (Lipinski definition) is 1. The molecule has 24 heavy (non-hydrogen) atoms. The summed E-state index contributed by atoms with van der Waals surface area (Å²) in [6.45, 7) is -1.41. The standard InChI is InChI=1S/C17H15F3N2O2/c18-17(19,20)10-24-15-8-6-12(9-21-15)16(23)22-14-7-5-11-3-1-2-4-13(11)14/h1-4,6,8-9,14H,5,7,10H2,(H,22,23)/t14-/m1/s1. The Balaban J connectivity index is 1.62. The van der Waals surface area contributed by atoms with Gasteiger partial charge in [-0.3, -0.25) is 4.79 Å². The van der Waals surface area contributed by atoms with Gasteiger partial charge in [-0.05, 0) is 30.0 Å². The zero-order valence-electron chi connectivity index (χ0n) is 12.6. The van der Waals surface area contributed by atoms with Gasteiger partial charge in [-0.25, -0.2) is 4.98 Å². The number of nitrogens with one attached hydrogen (secondary N) is 1. The van der Waals surface area contributed by atoms with Gasteiger partial charge in [0, 0.05) is 12.3 Å². The molecule has 0 saturated carbocycles. The minimum atomic E-state index is -4.42. The Morgan fingerprint density at radius 3 is 2.75 bits per heavy atom. The fourth-order valence-electron chi connectivity index (χ4n) is 2.70. The van der Waals surface area contributed by atoms with Crippen molar-refractivity contribution >= 4 is 5.91 Å². The number of carbonyl (C=O) groups excluding carboxylic acids is 1. The second-order valence-corrected chi connectivity index (χ2v) is 5.55. The van der Waals surface area contributed by atoms with Gasteiger partial charge in [-0.1, -0.05) is 24.3 Å². The number of fused-ring (bicyclic) bond motifs is 1. The van der Waals surface area contributed by atoms with Gasteiger partial charge in [-0.15, -0.1) is 0 Å². The second-order valence-electron chi connectivity index (χ2n) is 5.55. The number of aromatic nitrogens is 1. The highest BCUT2D eigenvalue weighted by molar-refractivity contribution is 5.94. The Kier molecular flexibility index (Phi) is 4.42. The Labute approximate surface area is 136 Å². The van der Waals surface area contributed by atoms with Gasteiger partial charge in [0.25, 0.3) is 5.91 Å². The van der Waals surface area contributed by atoms with Crippen LogP contribution in [0, 0.1) is 0 Å². The average Bonchev–Trinajstić information content (AvgIpc) is 2.96. The lowest BCUT2D eigenvalue weighted by Crippen LogP contribution is -2.27. The summed E-state index contributed by atoms with van der Waals surface area (Å²) in [5, 5.41) is 2.93. The van der Waals surface area contributed by atoms with E-state index in [1.54, 1.807) is 0 Å². The van der Waals surface area contributed by atoms with E-state index >= 15 is 0 Å². The topological polar surface area (TPSA) is 51.2 Å². The van der Waals surface area contributed by atoms with Crippen LogP contribution < -0.4 is 10.1 Å². The van der Waals surface area contributed by atoms with Crippen LogP contribution in [0.3, 0.4) is 0 Å². The maximum Gasteiger partial charge on any atom is 0.422 e. The number of ether oxygens (including phenoxy) is 1. The molecular weight excluding hydrogens is 321 g/mol. The quantitative estimate of drug-likeness (QED) is 0.930. The Morgan fingerprint density at radius 1 is 1.25 bits per heavy atom. The minimum Gasteiger partial charge on any atom is -0.468 e. The first kappa shape index (κ1) is 16.3. The van der Waals surface area contributed by atoms with Crippen molar-refractivity contribution in [2.75, 3.05) is 6.61 Å². The van der Waals surface area contributed by atoms with Crippen LogP contribution in [-0.2, 0) is 6.42 Å². The van der Waals surface area contributed by atoms with Crippen LogP contribution in [0.5, 0.6) is 5.88 Å². The van der Waals surface area contributed by atoms with E-state index in [4.69, 9.17) is 0 Å². The number of rotatable bonds is 4. The van der Waals surface area contributed by atoms with Crippen LogP contribution in [0.2, 0.25) is 0 Å². The molecular formula is C17H15F3N2O2. The van der Waals surface area contributed by atoms with E-state index in [0.29, 0.717) is 0 Å². The van der Waals surface area contributed by atoms with Crippen LogP contribution in [0.4, 0.5) is 13.2 Å². The summed E-state index contributed by atoms with van der Waals surface area (Å²) in [5.74, 6) is -0.485. The molecule has 0 aliphatic heterocycles. The number of aryl methyl sites for hydroxylation is 1. The van der Waals surface area contributed by atoms with E-state index in [2.05, 4.69) is 15.0 Å². The molecule has 1 aliphatic carbocycles. The maximum absolute atomic E-state index is 12.3. The molecule has 1 atom stereocenters. The van der Waals surface area contributed by atoms with Crippen molar-refractivity contribution in [1.82, 2.24) is 10.3 Å². The number of nitrogens with zero attached hydrogens (tertiary/aromatic N) is 1. The first-order chi connectivity index (χ1) is 11.4. The Morgan fingerprint density at radius 2 is 2.04 bits per heavy atom. The average molecular weight is 336 g/mol. The molecule has 1 heterocycles. The first-order valence-corrected chi connectivity index (χ1v) is 7.47. The predicted molar refractivity (Wildman–Crippen MR) is 80.8 cm³/mol. The van der Waals surface area contributed by atoms with Gasteiger partial charge >= 0.3 is 6.18 Å². The Bertz CT molecular complexity index is 729. The van der Waals surface area contributed by atoms with Gasteiger partial charge < -0.3 is 10.1 Å². The zero-order chi connectivity index (χ0) is 17.2. The molecule has 0 radical (unpaired) electrons. The van der Waals surface area contributed by atoms with Crippen LogP contribution in [0.15, 0.2) is 42.6 Å². The number of alkyl halides is 3. The van der Waals surface area contributed by atoms with Gasteiger partial charge in [0.2, 0.25) is 5.88 Å². The molecule has 1 aromatic heterocycles. The number of hydrogen-bond acceptors (Lipinski definition) is 3. The minimum absolute atomic E-state index is 0.0603. The third kappa shape index (κ3) is 3.84. The monoisotopic (exact) mass is 336 g/mol. The third-order valence-corrected chi connectivity index (χ3v) is 3.82. The Hall–Kier alpha value is -2.57. The molecule has 1 N–H and O–H groups in total. The van der Waals surface area contributed by atoms with E-state index in [1.165, 1.54) is 23.9 Å². The van der Waals surface area contributed by atoms with Crippen LogP contribution in [0.1, 0.15) is 33.9 Å². The molecule has 4 nitrogen and oxygen atoms in total. The third-order valence-electron chi connectivity index (χ3n) is 3.82. The molecule has 2 aromatic rings. The lowest BCUT2D eigenvalue weighted by molar-refractivity contribution is -0.154. The molecule has 0 unspecified atom stereocenters. The fourth-order valence-corrected chi connectivity index (χ4v) is 2.70. The normalized spacial score (nSPS) is 16.5. The summed E-state index contributed by atoms with van der Waals surface area (Å²) in [7, 11) is 0. The van der Waals surface area contributed by atoms with Crippen molar-refractivity contribution in [3.05, 3.63) is 59.3 Å². The van der Waals surface area contributed by atoms with Crippen LogP contribution >= 0.6 is 0 Å². The van der Waals surface area contributed by atoms with Gasteiger partial charge in [0.1, 0.15) is 0 Å². The lowest BCUT2D eigenvalue weighted by atomic mass is 10.1. The van der Waals surface area contributed by atoms with E-state index in [9.17, 15) is 18.0 Å². The van der Waals surface area contributed by atoms with Crippen molar-refractivity contribution in [2.45, 2.75) is 25.1 Å².